The molecule has 0 amide bonds. The van der Waals surface area contributed by atoms with Gasteiger partial charge in [-0.15, -0.1) is 0 Å². The van der Waals surface area contributed by atoms with Gasteiger partial charge in [0.15, 0.2) is 0 Å². The fourth-order valence-corrected chi connectivity index (χ4v) is 1.49. The van der Waals surface area contributed by atoms with E-state index in [-0.39, 0.29) is 0 Å². The highest BCUT2D eigenvalue weighted by Crippen LogP contribution is 2.22. The van der Waals surface area contributed by atoms with Gasteiger partial charge in [0.25, 0.3) is 0 Å². The fraction of sp³-hybridized carbons (Fsp3) is 0. The Kier molecular flexibility index (Phi) is 2.67. The summed E-state index contributed by atoms with van der Waals surface area (Å²) in [4.78, 5) is 4.06. The topological polar surface area (TPSA) is 12.9 Å². The van der Waals surface area contributed by atoms with Crippen LogP contribution in [0.2, 0.25) is 0 Å². The number of aromatic nitrogens is 1. The van der Waals surface area contributed by atoms with Crippen molar-refractivity contribution in [3.8, 4) is 0 Å². The molecular weight excluding hydrogens is 314 g/mol. The van der Waals surface area contributed by atoms with E-state index in [1.807, 2.05) is 12.1 Å². The van der Waals surface area contributed by atoms with Gasteiger partial charge in [-0.2, -0.15) is 0 Å². The maximum absolute atomic E-state index is 4.06. The molecule has 0 aromatic carbocycles. The van der Waals surface area contributed by atoms with Crippen LogP contribution in [0.1, 0.15) is 0 Å². The van der Waals surface area contributed by atoms with Crippen molar-refractivity contribution in [3.63, 3.8) is 0 Å². The van der Waals surface area contributed by atoms with Crippen molar-refractivity contribution in [1.29, 1.82) is 0 Å². The summed E-state index contributed by atoms with van der Waals surface area (Å²) in [6, 6.07) is 3.79. The zero-order valence-electron chi connectivity index (χ0n) is 4.24. The van der Waals surface area contributed by atoms with Gasteiger partial charge >= 0.3 is 0 Å². The molecule has 4 heteroatoms. The summed E-state index contributed by atoms with van der Waals surface area (Å²) in [6.45, 7) is 0. The SMILES string of the molecule is Brc1ccc(Br)c(Br)n1. The highest BCUT2D eigenvalue weighted by atomic mass is 79.9. The standard InChI is InChI=1S/C5H2Br3N/c6-3-1-2-4(7)9-5(3)8/h1-2H. The van der Waals surface area contributed by atoms with Gasteiger partial charge in [-0.05, 0) is 59.9 Å². The van der Waals surface area contributed by atoms with E-state index in [1.54, 1.807) is 0 Å². The average Bonchev–Trinajstić information content (AvgIpc) is 1.80. The molecule has 0 saturated heterocycles. The molecule has 0 bridgehead atoms. The highest BCUT2D eigenvalue weighted by Gasteiger charge is 1.95. The van der Waals surface area contributed by atoms with E-state index in [2.05, 4.69) is 52.8 Å². The van der Waals surface area contributed by atoms with E-state index in [0.29, 0.717) is 0 Å². The van der Waals surface area contributed by atoms with E-state index < -0.39 is 0 Å². The third-order valence-corrected chi connectivity index (χ3v) is 2.99. The lowest BCUT2D eigenvalue weighted by atomic mass is 10.5. The Hall–Kier alpha value is 0.590. The van der Waals surface area contributed by atoms with Gasteiger partial charge in [-0.1, -0.05) is 0 Å². The molecule has 9 heavy (non-hydrogen) atoms. The Bertz CT molecular complexity index is 223. The van der Waals surface area contributed by atoms with Gasteiger partial charge < -0.3 is 0 Å². The van der Waals surface area contributed by atoms with E-state index in [9.17, 15) is 0 Å². The van der Waals surface area contributed by atoms with Crippen molar-refractivity contribution in [3.05, 3.63) is 25.8 Å². The molecule has 0 radical (unpaired) electrons. The molecule has 0 spiro atoms. The summed E-state index contributed by atoms with van der Waals surface area (Å²) in [5.74, 6) is 0. The second-order valence-electron chi connectivity index (χ2n) is 1.41. The molecule has 48 valence electrons. The number of halogens is 3. The molecule has 1 nitrogen and oxygen atoms in total. The van der Waals surface area contributed by atoms with Crippen molar-refractivity contribution < 1.29 is 0 Å². The minimum atomic E-state index is 0.817. The predicted molar refractivity (Wildman–Crippen MR) is 47.3 cm³/mol. The Labute approximate surface area is 78.3 Å². The summed E-state index contributed by atoms with van der Waals surface area (Å²) in [6.07, 6.45) is 0. The Balaban J connectivity index is 3.17. The van der Waals surface area contributed by atoms with Crippen LogP contribution in [0, 0.1) is 0 Å². The maximum Gasteiger partial charge on any atom is 0.121 e. The molecule has 0 N–H and O–H groups in total. The second kappa shape index (κ2) is 3.12. The predicted octanol–water partition coefficient (Wildman–Crippen LogP) is 3.37. The minimum Gasteiger partial charge on any atom is -0.233 e. The molecule has 1 rings (SSSR count). The first-order chi connectivity index (χ1) is 4.20. The Morgan fingerprint density at radius 2 is 1.78 bits per heavy atom. The zero-order chi connectivity index (χ0) is 6.85. The molecule has 1 aromatic rings. The highest BCUT2D eigenvalue weighted by molar-refractivity contribution is 9.13. The maximum atomic E-state index is 4.06. The minimum absolute atomic E-state index is 0.817. The van der Waals surface area contributed by atoms with Gasteiger partial charge in [0, 0.05) is 0 Å². The van der Waals surface area contributed by atoms with E-state index in [1.165, 1.54) is 0 Å². The van der Waals surface area contributed by atoms with E-state index >= 15 is 0 Å². The van der Waals surface area contributed by atoms with Crippen LogP contribution in [0.3, 0.4) is 0 Å². The van der Waals surface area contributed by atoms with Crippen molar-refractivity contribution in [2.45, 2.75) is 0 Å². The second-order valence-corrected chi connectivity index (χ2v) is 3.82. The first-order valence-corrected chi connectivity index (χ1v) is 4.55. The first kappa shape index (κ1) is 7.69. The van der Waals surface area contributed by atoms with Crippen LogP contribution in [-0.2, 0) is 0 Å². The molecule has 0 aliphatic heterocycles. The van der Waals surface area contributed by atoms with Gasteiger partial charge in [0.05, 0.1) is 4.47 Å². The molecule has 0 aliphatic rings. The number of rotatable bonds is 0. The summed E-state index contributed by atoms with van der Waals surface area (Å²) in [7, 11) is 0. The molecule has 0 unspecified atom stereocenters. The fourth-order valence-electron chi connectivity index (χ4n) is 0.395. The smallest absolute Gasteiger partial charge is 0.121 e. The zero-order valence-corrected chi connectivity index (χ0v) is 8.99. The average molecular weight is 316 g/mol. The molecule has 1 aromatic heterocycles. The summed E-state index contributed by atoms with van der Waals surface area (Å²) in [5.41, 5.74) is 0. The Morgan fingerprint density at radius 1 is 1.11 bits per heavy atom. The van der Waals surface area contributed by atoms with Crippen molar-refractivity contribution >= 4 is 47.8 Å². The van der Waals surface area contributed by atoms with Gasteiger partial charge in [0.1, 0.15) is 9.21 Å². The Morgan fingerprint density at radius 3 is 2.22 bits per heavy atom. The van der Waals surface area contributed by atoms with Crippen LogP contribution < -0.4 is 0 Å². The molecule has 0 atom stereocenters. The van der Waals surface area contributed by atoms with Crippen LogP contribution in [0.25, 0.3) is 0 Å². The molecule has 0 saturated carbocycles. The van der Waals surface area contributed by atoms with Crippen molar-refractivity contribution in [1.82, 2.24) is 4.98 Å². The third kappa shape index (κ3) is 2.02. The van der Waals surface area contributed by atoms with Gasteiger partial charge in [-0.25, -0.2) is 4.98 Å². The number of pyridine rings is 1. The molecular formula is C5H2Br3N. The normalized spacial score (nSPS) is 9.67. The molecule has 0 fully saturated rings. The van der Waals surface area contributed by atoms with E-state index in [0.717, 1.165) is 13.7 Å². The molecule has 0 aliphatic carbocycles. The lowest BCUT2D eigenvalue weighted by Gasteiger charge is -1.92. The lowest BCUT2D eigenvalue weighted by Crippen LogP contribution is -1.76. The number of nitrogens with zero attached hydrogens (tertiary/aromatic N) is 1. The van der Waals surface area contributed by atoms with Crippen molar-refractivity contribution in [2.24, 2.45) is 0 Å². The first-order valence-electron chi connectivity index (χ1n) is 2.17. The largest absolute Gasteiger partial charge is 0.233 e. The third-order valence-electron chi connectivity index (χ3n) is 0.769. The van der Waals surface area contributed by atoms with Crippen LogP contribution in [0.15, 0.2) is 25.8 Å². The van der Waals surface area contributed by atoms with Crippen LogP contribution in [0.5, 0.6) is 0 Å². The molecule has 1 heterocycles. The van der Waals surface area contributed by atoms with Crippen LogP contribution in [0.4, 0.5) is 0 Å². The van der Waals surface area contributed by atoms with Gasteiger partial charge in [0.2, 0.25) is 0 Å². The number of hydrogen-bond acceptors (Lipinski definition) is 1. The summed E-state index contributed by atoms with van der Waals surface area (Å²) >= 11 is 9.79. The summed E-state index contributed by atoms with van der Waals surface area (Å²) in [5, 5.41) is 0. The monoisotopic (exact) mass is 313 g/mol. The number of hydrogen-bond donors (Lipinski definition) is 0. The van der Waals surface area contributed by atoms with Crippen LogP contribution in [-0.4, -0.2) is 4.98 Å². The van der Waals surface area contributed by atoms with Gasteiger partial charge in [-0.3, -0.25) is 0 Å². The lowest BCUT2D eigenvalue weighted by molar-refractivity contribution is 1.21. The van der Waals surface area contributed by atoms with Crippen molar-refractivity contribution in [2.75, 3.05) is 0 Å². The quantitative estimate of drug-likeness (QED) is 0.669. The summed E-state index contributed by atoms with van der Waals surface area (Å²) < 4.78 is 2.61. The van der Waals surface area contributed by atoms with Crippen LogP contribution >= 0.6 is 47.8 Å². The van der Waals surface area contributed by atoms with E-state index in [4.69, 9.17) is 0 Å².